The maximum absolute atomic E-state index is 5.53. The zero-order valence-corrected chi connectivity index (χ0v) is 12.9. The number of nitrogens with one attached hydrogen (secondary N) is 1. The highest BCUT2D eigenvalue weighted by atomic mass is 32.1. The van der Waals surface area contributed by atoms with Gasteiger partial charge < -0.3 is 11.1 Å². The Morgan fingerprint density at radius 3 is 2.50 bits per heavy atom. The average molecular weight is 269 g/mol. The molecule has 1 aromatic heterocycles. The Labute approximate surface area is 115 Å². The van der Waals surface area contributed by atoms with Gasteiger partial charge in [0, 0.05) is 18.3 Å². The molecule has 1 aromatic rings. The van der Waals surface area contributed by atoms with Crippen molar-refractivity contribution in [3.05, 3.63) is 16.1 Å². The molecule has 3 N–H and O–H groups in total. The van der Waals surface area contributed by atoms with Gasteiger partial charge in [0.25, 0.3) is 0 Å². The summed E-state index contributed by atoms with van der Waals surface area (Å²) in [6.07, 6.45) is 0.894. The molecule has 104 valence electrons. The molecule has 0 amide bonds. The van der Waals surface area contributed by atoms with Gasteiger partial charge in [0.2, 0.25) is 0 Å². The summed E-state index contributed by atoms with van der Waals surface area (Å²) in [5.41, 5.74) is 6.68. The lowest BCUT2D eigenvalue weighted by atomic mass is 9.85. The SMILES string of the molecule is CC(C)C(CNCc1csc(CCN)n1)C(C)C. The average Bonchev–Trinajstić information content (AvgIpc) is 2.71. The number of thiazole rings is 1. The molecule has 0 bridgehead atoms. The van der Waals surface area contributed by atoms with Crippen molar-refractivity contribution in [1.29, 1.82) is 0 Å². The minimum Gasteiger partial charge on any atom is -0.330 e. The van der Waals surface area contributed by atoms with E-state index in [-0.39, 0.29) is 0 Å². The first kappa shape index (κ1) is 15.6. The molecule has 18 heavy (non-hydrogen) atoms. The number of aromatic nitrogens is 1. The normalized spacial score (nSPS) is 12.0. The van der Waals surface area contributed by atoms with Crippen LogP contribution in [0.1, 0.15) is 38.4 Å². The molecule has 1 rings (SSSR count). The van der Waals surface area contributed by atoms with Gasteiger partial charge in [-0.05, 0) is 30.8 Å². The summed E-state index contributed by atoms with van der Waals surface area (Å²) in [5, 5.41) is 6.82. The number of rotatable bonds is 8. The molecule has 0 spiro atoms. The Kier molecular flexibility index (Phi) is 6.82. The zero-order chi connectivity index (χ0) is 13.5. The van der Waals surface area contributed by atoms with Crippen molar-refractivity contribution >= 4 is 11.3 Å². The quantitative estimate of drug-likeness (QED) is 0.763. The molecule has 1 heterocycles. The van der Waals surface area contributed by atoms with E-state index in [1.165, 1.54) is 0 Å². The van der Waals surface area contributed by atoms with E-state index in [1.807, 2.05) is 0 Å². The van der Waals surface area contributed by atoms with Crippen molar-refractivity contribution in [2.75, 3.05) is 13.1 Å². The van der Waals surface area contributed by atoms with Crippen LogP contribution in [0, 0.1) is 17.8 Å². The van der Waals surface area contributed by atoms with E-state index < -0.39 is 0 Å². The van der Waals surface area contributed by atoms with Crippen molar-refractivity contribution in [3.63, 3.8) is 0 Å². The van der Waals surface area contributed by atoms with E-state index in [2.05, 4.69) is 43.4 Å². The van der Waals surface area contributed by atoms with E-state index in [0.717, 1.165) is 48.0 Å². The monoisotopic (exact) mass is 269 g/mol. The summed E-state index contributed by atoms with van der Waals surface area (Å²) in [5.74, 6) is 2.17. The van der Waals surface area contributed by atoms with Crippen LogP contribution in [0.25, 0.3) is 0 Å². The van der Waals surface area contributed by atoms with Crippen molar-refractivity contribution in [2.45, 2.75) is 40.7 Å². The van der Waals surface area contributed by atoms with Crippen LogP contribution < -0.4 is 11.1 Å². The van der Waals surface area contributed by atoms with Crippen molar-refractivity contribution in [3.8, 4) is 0 Å². The van der Waals surface area contributed by atoms with Crippen LogP contribution in [0.15, 0.2) is 5.38 Å². The van der Waals surface area contributed by atoms with Gasteiger partial charge in [0.1, 0.15) is 0 Å². The predicted molar refractivity (Wildman–Crippen MR) is 79.7 cm³/mol. The molecule has 0 aliphatic carbocycles. The Bertz CT molecular complexity index is 326. The number of nitrogens with two attached hydrogens (primary N) is 1. The first-order valence-corrected chi connectivity index (χ1v) is 7.76. The number of hydrogen-bond donors (Lipinski definition) is 2. The Morgan fingerprint density at radius 1 is 1.28 bits per heavy atom. The highest BCUT2D eigenvalue weighted by molar-refractivity contribution is 7.09. The third kappa shape index (κ3) is 5.04. The van der Waals surface area contributed by atoms with Gasteiger partial charge in [-0.15, -0.1) is 11.3 Å². The second kappa shape index (κ2) is 7.87. The molecule has 4 heteroatoms. The fourth-order valence-electron chi connectivity index (χ4n) is 2.28. The first-order valence-electron chi connectivity index (χ1n) is 6.88. The van der Waals surface area contributed by atoms with Crippen LogP contribution in [0.2, 0.25) is 0 Å². The highest BCUT2D eigenvalue weighted by Gasteiger charge is 2.16. The van der Waals surface area contributed by atoms with Gasteiger partial charge in [-0.3, -0.25) is 0 Å². The Morgan fingerprint density at radius 2 is 1.94 bits per heavy atom. The summed E-state index contributed by atoms with van der Waals surface area (Å²) >= 11 is 1.71. The maximum Gasteiger partial charge on any atom is 0.0941 e. The van der Waals surface area contributed by atoms with Gasteiger partial charge >= 0.3 is 0 Å². The van der Waals surface area contributed by atoms with Crippen molar-refractivity contribution in [2.24, 2.45) is 23.5 Å². The highest BCUT2D eigenvalue weighted by Crippen LogP contribution is 2.19. The standard InChI is InChI=1S/C14H27N3S/c1-10(2)13(11(3)4)8-16-7-12-9-18-14(17-12)5-6-15/h9-11,13,16H,5-8,15H2,1-4H3. The number of hydrogen-bond acceptors (Lipinski definition) is 4. The minimum atomic E-state index is 0.684. The molecule has 0 unspecified atom stereocenters. The molecule has 0 atom stereocenters. The van der Waals surface area contributed by atoms with E-state index in [4.69, 9.17) is 5.73 Å². The minimum absolute atomic E-state index is 0.684. The summed E-state index contributed by atoms with van der Waals surface area (Å²) in [4.78, 5) is 4.56. The first-order chi connectivity index (χ1) is 8.54. The fraction of sp³-hybridized carbons (Fsp3) is 0.786. The molecule has 0 radical (unpaired) electrons. The molecule has 3 nitrogen and oxygen atoms in total. The van der Waals surface area contributed by atoms with Crippen LogP contribution in [-0.4, -0.2) is 18.1 Å². The molecule has 0 saturated carbocycles. The summed E-state index contributed by atoms with van der Waals surface area (Å²) in [7, 11) is 0. The molecular formula is C14H27N3S. The maximum atomic E-state index is 5.53. The lowest BCUT2D eigenvalue weighted by Gasteiger charge is -2.25. The molecule has 0 aromatic carbocycles. The Hall–Kier alpha value is -0.450. The predicted octanol–water partition coefficient (Wildman–Crippen LogP) is 2.66. The molecule has 0 aliphatic heterocycles. The lowest BCUT2D eigenvalue weighted by Crippen LogP contribution is -2.29. The van der Waals surface area contributed by atoms with Crippen LogP contribution in [-0.2, 0) is 13.0 Å². The smallest absolute Gasteiger partial charge is 0.0941 e. The topological polar surface area (TPSA) is 50.9 Å². The van der Waals surface area contributed by atoms with E-state index in [0.29, 0.717) is 6.54 Å². The van der Waals surface area contributed by atoms with Crippen molar-refractivity contribution < 1.29 is 0 Å². The Balaban J connectivity index is 2.35. The zero-order valence-electron chi connectivity index (χ0n) is 12.1. The van der Waals surface area contributed by atoms with Crippen LogP contribution in [0.5, 0.6) is 0 Å². The van der Waals surface area contributed by atoms with Crippen LogP contribution in [0.3, 0.4) is 0 Å². The molecule has 0 aliphatic rings. The summed E-state index contributed by atoms with van der Waals surface area (Å²) in [6, 6.07) is 0. The fourth-order valence-corrected chi connectivity index (χ4v) is 3.09. The van der Waals surface area contributed by atoms with Gasteiger partial charge in [-0.1, -0.05) is 27.7 Å². The second-order valence-electron chi connectivity index (χ2n) is 5.55. The van der Waals surface area contributed by atoms with Gasteiger partial charge in [0.15, 0.2) is 0 Å². The third-order valence-corrected chi connectivity index (χ3v) is 4.31. The largest absolute Gasteiger partial charge is 0.330 e. The van der Waals surface area contributed by atoms with Crippen molar-refractivity contribution in [1.82, 2.24) is 10.3 Å². The molecular weight excluding hydrogens is 242 g/mol. The summed E-state index contributed by atoms with van der Waals surface area (Å²) < 4.78 is 0. The summed E-state index contributed by atoms with van der Waals surface area (Å²) in [6.45, 7) is 11.8. The lowest BCUT2D eigenvalue weighted by molar-refractivity contribution is 0.275. The molecule has 0 fully saturated rings. The van der Waals surface area contributed by atoms with Gasteiger partial charge in [0.05, 0.1) is 10.7 Å². The van der Waals surface area contributed by atoms with E-state index >= 15 is 0 Å². The van der Waals surface area contributed by atoms with Crippen LogP contribution >= 0.6 is 11.3 Å². The third-order valence-electron chi connectivity index (χ3n) is 3.36. The van der Waals surface area contributed by atoms with Gasteiger partial charge in [-0.25, -0.2) is 4.98 Å². The number of nitrogens with zero attached hydrogens (tertiary/aromatic N) is 1. The van der Waals surface area contributed by atoms with Crippen LogP contribution in [0.4, 0.5) is 0 Å². The second-order valence-corrected chi connectivity index (χ2v) is 6.50. The van der Waals surface area contributed by atoms with E-state index in [9.17, 15) is 0 Å². The van der Waals surface area contributed by atoms with Gasteiger partial charge in [-0.2, -0.15) is 0 Å². The molecule has 0 saturated heterocycles. The van der Waals surface area contributed by atoms with E-state index in [1.54, 1.807) is 11.3 Å².